The van der Waals surface area contributed by atoms with Crippen molar-refractivity contribution < 1.29 is 9.18 Å². The Balaban J connectivity index is 1.78. The van der Waals surface area contributed by atoms with Crippen LogP contribution in [0.1, 0.15) is 41.3 Å². The van der Waals surface area contributed by atoms with Crippen LogP contribution in [0.5, 0.6) is 0 Å². The number of para-hydroxylation sites is 1. The number of rotatable bonds is 5. The smallest absolute Gasteiger partial charge is 0.251 e. The van der Waals surface area contributed by atoms with Crippen molar-refractivity contribution in [2.24, 2.45) is 4.99 Å². The molecule has 0 saturated carbocycles. The van der Waals surface area contributed by atoms with Gasteiger partial charge >= 0.3 is 0 Å². The molecule has 0 atom stereocenters. The third kappa shape index (κ3) is 4.04. The van der Waals surface area contributed by atoms with Crippen LogP contribution in [0, 0.1) is 5.82 Å². The predicted octanol–water partition coefficient (Wildman–Crippen LogP) is 5.58. The predicted molar refractivity (Wildman–Crippen MR) is 115 cm³/mol. The van der Waals surface area contributed by atoms with Crippen LogP contribution in [0.3, 0.4) is 0 Å². The van der Waals surface area contributed by atoms with Gasteiger partial charge in [-0.1, -0.05) is 31.5 Å². The Morgan fingerprint density at radius 1 is 1.03 bits per heavy atom. The third-order valence-corrected chi connectivity index (χ3v) is 4.88. The SMILES string of the molecule is CCCCNC(=O)c1ccc2c(c1)N=C(c1ccc(F)cc1)c1ccccc1N2. The van der Waals surface area contributed by atoms with E-state index in [0.29, 0.717) is 17.8 Å². The summed E-state index contributed by atoms with van der Waals surface area (Å²) in [4.78, 5) is 17.3. The molecule has 1 amide bonds. The van der Waals surface area contributed by atoms with Gasteiger partial charge in [-0.3, -0.25) is 4.79 Å². The number of benzene rings is 3. The normalized spacial score (nSPS) is 12.1. The number of halogens is 1. The zero-order valence-corrected chi connectivity index (χ0v) is 16.2. The number of anilines is 2. The molecule has 2 N–H and O–H groups in total. The highest BCUT2D eigenvalue weighted by atomic mass is 19.1. The van der Waals surface area contributed by atoms with E-state index < -0.39 is 0 Å². The lowest BCUT2D eigenvalue weighted by atomic mass is 10.0. The van der Waals surface area contributed by atoms with Crippen LogP contribution < -0.4 is 10.6 Å². The lowest BCUT2D eigenvalue weighted by Crippen LogP contribution is -2.24. The van der Waals surface area contributed by atoms with Gasteiger partial charge < -0.3 is 10.6 Å². The lowest BCUT2D eigenvalue weighted by Gasteiger charge is -2.11. The molecule has 4 rings (SSSR count). The Bertz CT molecular complexity index is 1070. The molecule has 3 aromatic rings. The number of hydrogen-bond acceptors (Lipinski definition) is 3. The Morgan fingerprint density at radius 2 is 1.83 bits per heavy atom. The first-order valence-corrected chi connectivity index (χ1v) is 9.79. The quantitative estimate of drug-likeness (QED) is 0.439. The Labute approximate surface area is 169 Å². The Hall–Kier alpha value is -3.47. The summed E-state index contributed by atoms with van der Waals surface area (Å²) in [5.41, 5.74) is 5.43. The molecule has 0 unspecified atom stereocenters. The number of unbranched alkanes of at least 4 members (excludes halogenated alkanes) is 1. The highest BCUT2D eigenvalue weighted by Crippen LogP contribution is 2.36. The molecule has 4 nitrogen and oxygen atoms in total. The molecule has 0 spiro atoms. The van der Waals surface area contributed by atoms with Crippen molar-refractivity contribution in [1.29, 1.82) is 0 Å². The minimum Gasteiger partial charge on any atom is -0.353 e. The number of aliphatic imine (C=N–C) groups is 1. The first-order chi connectivity index (χ1) is 14.2. The van der Waals surface area contributed by atoms with E-state index in [1.54, 1.807) is 24.3 Å². The van der Waals surface area contributed by atoms with Crippen molar-refractivity contribution in [1.82, 2.24) is 5.32 Å². The van der Waals surface area contributed by atoms with E-state index in [0.717, 1.165) is 41.1 Å². The highest BCUT2D eigenvalue weighted by molar-refractivity contribution is 6.18. The maximum absolute atomic E-state index is 13.4. The fourth-order valence-corrected chi connectivity index (χ4v) is 3.30. The number of nitrogens with zero attached hydrogens (tertiary/aromatic N) is 1. The van der Waals surface area contributed by atoms with E-state index in [1.807, 2.05) is 30.3 Å². The highest BCUT2D eigenvalue weighted by Gasteiger charge is 2.19. The fraction of sp³-hybridized carbons (Fsp3) is 0.167. The van der Waals surface area contributed by atoms with E-state index >= 15 is 0 Å². The molecule has 0 radical (unpaired) electrons. The second kappa shape index (κ2) is 8.27. The molecule has 0 fully saturated rings. The van der Waals surface area contributed by atoms with Crippen molar-refractivity contribution in [3.05, 3.63) is 89.2 Å². The summed E-state index contributed by atoms with van der Waals surface area (Å²) < 4.78 is 13.4. The van der Waals surface area contributed by atoms with Crippen molar-refractivity contribution in [3.8, 4) is 0 Å². The second-order valence-electron chi connectivity index (χ2n) is 6.98. The van der Waals surface area contributed by atoms with Crippen molar-refractivity contribution in [2.75, 3.05) is 11.9 Å². The molecule has 1 aliphatic heterocycles. The molecule has 0 saturated heterocycles. The van der Waals surface area contributed by atoms with Crippen LogP contribution in [-0.4, -0.2) is 18.2 Å². The summed E-state index contributed by atoms with van der Waals surface area (Å²) in [5, 5.41) is 6.35. The molecule has 5 heteroatoms. The lowest BCUT2D eigenvalue weighted by molar-refractivity contribution is 0.0953. The minimum absolute atomic E-state index is 0.110. The van der Waals surface area contributed by atoms with Gasteiger partial charge in [0.05, 0.1) is 17.1 Å². The van der Waals surface area contributed by atoms with E-state index in [1.165, 1.54) is 12.1 Å². The fourth-order valence-electron chi connectivity index (χ4n) is 3.30. The topological polar surface area (TPSA) is 53.5 Å². The minimum atomic E-state index is -0.291. The first kappa shape index (κ1) is 18.9. The summed E-state index contributed by atoms with van der Waals surface area (Å²) in [6.45, 7) is 2.74. The molecular formula is C24H22FN3O. The molecular weight excluding hydrogens is 365 g/mol. The second-order valence-corrected chi connectivity index (χ2v) is 6.98. The van der Waals surface area contributed by atoms with E-state index in [-0.39, 0.29) is 11.7 Å². The third-order valence-electron chi connectivity index (χ3n) is 4.88. The number of carbonyl (C=O) groups is 1. The van der Waals surface area contributed by atoms with Gasteiger partial charge in [-0.15, -0.1) is 0 Å². The van der Waals surface area contributed by atoms with E-state index in [4.69, 9.17) is 4.99 Å². The zero-order chi connectivity index (χ0) is 20.2. The summed E-state index contributed by atoms with van der Waals surface area (Å²) in [6.07, 6.45) is 1.97. The molecule has 3 aromatic carbocycles. The average molecular weight is 387 g/mol. The number of carbonyl (C=O) groups excluding carboxylic acids is 1. The molecule has 146 valence electrons. The first-order valence-electron chi connectivity index (χ1n) is 9.79. The number of hydrogen-bond donors (Lipinski definition) is 2. The van der Waals surface area contributed by atoms with Gasteiger partial charge in [0.15, 0.2) is 0 Å². The van der Waals surface area contributed by atoms with Gasteiger partial charge in [0.1, 0.15) is 5.82 Å². The molecule has 1 aliphatic rings. The van der Waals surface area contributed by atoms with Crippen LogP contribution >= 0.6 is 0 Å². The maximum atomic E-state index is 13.4. The maximum Gasteiger partial charge on any atom is 0.251 e. The number of nitrogens with one attached hydrogen (secondary N) is 2. The van der Waals surface area contributed by atoms with Crippen molar-refractivity contribution in [3.63, 3.8) is 0 Å². The molecule has 1 heterocycles. The van der Waals surface area contributed by atoms with Crippen LogP contribution in [0.15, 0.2) is 71.7 Å². The van der Waals surface area contributed by atoms with Crippen LogP contribution in [0.25, 0.3) is 0 Å². The Morgan fingerprint density at radius 3 is 2.62 bits per heavy atom. The van der Waals surface area contributed by atoms with E-state index in [2.05, 4.69) is 17.6 Å². The molecule has 29 heavy (non-hydrogen) atoms. The summed E-state index contributed by atoms with van der Waals surface area (Å²) in [6, 6.07) is 19.6. The average Bonchev–Trinajstić information content (AvgIpc) is 2.90. The van der Waals surface area contributed by atoms with Crippen LogP contribution in [0.4, 0.5) is 21.5 Å². The van der Waals surface area contributed by atoms with Gasteiger partial charge in [-0.05, 0) is 55.0 Å². The van der Waals surface area contributed by atoms with Gasteiger partial charge in [0.2, 0.25) is 0 Å². The van der Waals surface area contributed by atoms with Crippen molar-refractivity contribution in [2.45, 2.75) is 19.8 Å². The Kier molecular flexibility index (Phi) is 5.38. The summed E-state index contributed by atoms with van der Waals surface area (Å²) >= 11 is 0. The van der Waals surface area contributed by atoms with Crippen LogP contribution in [-0.2, 0) is 0 Å². The van der Waals surface area contributed by atoms with Crippen molar-refractivity contribution >= 4 is 28.7 Å². The standard InChI is InChI=1S/C24H22FN3O/c1-2-3-14-26-24(29)17-10-13-21-22(15-17)28-23(16-8-11-18(25)12-9-16)19-6-4-5-7-20(19)27-21/h4-13,15,27H,2-3,14H2,1H3,(H,26,29). The van der Waals surface area contributed by atoms with Gasteiger partial charge in [0.25, 0.3) is 5.91 Å². The largest absolute Gasteiger partial charge is 0.353 e. The van der Waals surface area contributed by atoms with Gasteiger partial charge in [0, 0.05) is 28.9 Å². The van der Waals surface area contributed by atoms with Gasteiger partial charge in [-0.25, -0.2) is 9.38 Å². The summed E-state index contributed by atoms with van der Waals surface area (Å²) in [5.74, 6) is -0.401. The summed E-state index contributed by atoms with van der Waals surface area (Å²) in [7, 11) is 0. The molecule has 0 bridgehead atoms. The number of fused-ring (bicyclic) bond motifs is 2. The zero-order valence-electron chi connectivity index (χ0n) is 16.2. The monoisotopic (exact) mass is 387 g/mol. The molecule has 0 aliphatic carbocycles. The van der Waals surface area contributed by atoms with Gasteiger partial charge in [-0.2, -0.15) is 0 Å². The number of amides is 1. The van der Waals surface area contributed by atoms with Crippen LogP contribution in [0.2, 0.25) is 0 Å². The molecule has 0 aromatic heterocycles. The van der Waals surface area contributed by atoms with E-state index in [9.17, 15) is 9.18 Å².